The lowest BCUT2D eigenvalue weighted by atomic mass is 10.2. The number of hydrogen-bond donors (Lipinski definition) is 2. The maximum atomic E-state index is 13.6. The summed E-state index contributed by atoms with van der Waals surface area (Å²) < 4.78 is 18.5. The molecule has 2 aromatic rings. The van der Waals surface area contributed by atoms with Gasteiger partial charge < -0.3 is 15.0 Å². The van der Waals surface area contributed by atoms with Crippen LogP contribution in [0.2, 0.25) is 0 Å². The summed E-state index contributed by atoms with van der Waals surface area (Å²) in [6.45, 7) is 1.70. The largest absolute Gasteiger partial charge is 0.497 e. The molecule has 0 radical (unpaired) electrons. The molecular formula is C14H13FN2O3. The highest BCUT2D eigenvalue weighted by molar-refractivity contribution is 6.04. The van der Waals surface area contributed by atoms with E-state index in [1.54, 1.807) is 6.92 Å². The number of aromatic amines is 1. The molecule has 6 heteroatoms. The standard InChI is InChI=1S/C14H13FN2O3/c1-8-5-13(18)10(7-16-8)14(19)17-12-6-9(20-2)3-4-11(12)15/h3-7H,1-2H3,(H,16,18)(H,17,19). The van der Waals surface area contributed by atoms with Crippen LogP contribution in [0, 0.1) is 12.7 Å². The highest BCUT2D eigenvalue weighted by atomic mass is 19.1. The Morgan fingerprint density at radius 2 is 2.10 bits per heavy atom. The quantitative estimate of drug-likeness (QED) is 0.901. The molecule has 0 unspecified atom stereocenters. The van der Waals surface area contributed by atoms with Gasteiger partial charge in [-0.2, -0.15) is 0 Å². The number of aromatic nitrogens is 1. The Morgan fingerprint density at radius 3 is 2.75 bits per heavy atom. The number of ether oxygens (including phenoxy) is 1. The second kappa shape index (κ2) is 5.56. The van der Waals surface area contributed by atoms with Crippen LogP contribution in [0.1, 0.15) is 16.1 Å². The Kier molecular flexibility index (Phi) is 3.84. The minimum atomic E-state index is -0.682. The lowest BCUT2D eigenvalue weighted by molar-refractivity contribution is 0.102. The number of halogens is 1. The number of pyridine rings is 1. The van der Waals surface area contributed by atoms with Gasteiger partial charge >= 0.3 is 0 Å². The first-order valence-corrected chi connectivity index (χ1v) is 5.85. The molecule has 20 heavy (non-hydrogen) atoms. The Balaban J connectivity index is 2.30. The van der Waals surface area contributed by atoms with Crippen molar-refractivity contribution in [2.24, 2.45) is 0 Å². The molecule has 0 aliphatic heterocycles. The molecule has 0 fully saturated rings. The normalized spacial score (nSPS) is 10.2. The van der Waals surface area contributed by atoms with E-state index in [0.29, 0.717) is 11.4 Å². The highest BCUT2D eigenvalue weighted by Crippen LogP contribution is 2.21. The average Bonchev–Trinajstić information content (AvgIpc) is 2.41. The first kappa shape index (κ1) is 13.8. The summed E-state index contributed by atoms with van der Waals surface area (Å²) in [5, 5.41) is 2.35. The Hall–Kier alpha value is -2.63. The minimum absolute atomic E-state index is 0.0469. The zero-order valence-corrected chi connectivity index (χ0v) is 11.0. The molecule has 0 aliphatic carbocycles. The molecular weight excluding hydrogens is 263 g/mol. The molecule has 0 saturated heterocycles. The molecule has 0 atom stereocenters. The monoisotopic (exact) mass is 276 g/mol. The van der Waals surface area contributed by atoms with Crippen molar-refractivity contribution >= 4 is 11.6 Å². The number of hydrogen-bond acceptors (Lipinski definition) is 3. The number of aryl methyl sites for hydroxylation is 1. The van der Waals surface area contributed by atoms with Gasteiger partial charge in [0, 0.05) is 24.0 Å². The van der Waals surface area contributed by atoms with Crippen LogP contribution in [0.15, 0.2) is 35.3 Å². The van der Waals surface area contributed by atoms with Crippen LogP contribution < -0.4 is 15.5 Å². The third kappa shape index (κ3) is 2.85. The van der Waals surface area contributed by atoms with Gasteiger partial charge in [0.1, 0.15) is 17.1 Å². The molecule has 0 spiro atoms. The first-order valence-electron chi connectivity index (χ1n) is 5.85. The number of carbonyl (C=O) groups excluding carboxylic acids is 1. The molecule has 0 bridgehead atoms. The topological polar surface area (TPSA) is 71.2 Å². The summed E-state index contributed by atoms with van der Waals surface area (Å²) in [7, 11) is 1.43. The summed E-state index contributed by atoms with van der Waals surface area (Å²) in [5.74, 6) is -0.888. The van der Waals surface area contributed by atoms with Gasteiger partial charge in [-0.25, -0.2) is 4.39 Å². The van der Waals surface area contributed by atoms with Gasteiger partial charge in [0.05, 0.1) is 12.8 Å². The second-order valence-electron chi connectivity index (χ2n) is 4.19. The predicted octanol–water partition coefficient (Wildman–Crippen LogP) is 2.08. The van der Waals surface area contributed by atoms with E-state index in [2.05, 4.69) is 10.3 Å². The van der Waals surface area contributed by atoms with E-state index in [1.165, 1.54) is 37.6 Å². The molecule has 2 rings (SSSR count). The summed E-state index contributed by atoms with van der Waals surface area (Å²) in [5.41, 5.74) is 0.0771. The number of methoxy groups -OCH3 is 1. The van der Waals surface area contributed by atoms with E-state index in [9.17, 15) is 14.0 Å². The van der Waals surface area contributed by atoms with E-state index in [1.807, 2.05) is 0 Å². The van der Waals surface area contributed by atoms with Crippen molar-refractivity contribution in [2.75, 3.05) is 12.4 Å². The molecule has 0 saturated carbocycles. The molecule has 1 aromatic heterocycles. The number of carbonyl (C=O) groups is 1. The van der Waals surface area contributed by atoms with Crippen molar-refractivity contribution in [1.82, 2.24) is 4.98 Å². The molecule has 1 aromatic carbocycles. The van der Waals surface area contributed by atoms with Gasteiger partial charge in [-0.3, -0.25) is 9.59 Å². The summed E-state index contributed by atoms with van der Waals surface area (Å²) >= 11 is 0. The maximum absolute atomic E-state index is 13.6. The van der Waals surface area contributed by atoms with Crippen LogP contribution in [0.4, 0.5) is 10.1 Å². The molecule has 5 nitrogen and oxygen atoms in total. The van der Waals surface area contributed by atoms with Crippen molar-refractivity contribution in [3.8, 4) is 5.75 Å². The van der Waals surface area contributed by atoms with Crippen molar-refractivity contribution in [3.05, 3.63) is 57.8 Å². The van der Waals surface area contributed by atoms with E-state index < -0.39 is 17.2 Å². The lowest BCUT2D eigenvalue weighted by Gasteiger charge is -2.08. The van der Waals surface area contributed by atoms with Gasteiger partial charge in [-0.1, -0.05) is 0 Å². The SMILES string of the molecule is COc1ccc(F)c(NC(=O)c2c[nH]c(C)cc2=O)c1. The number of benzene rings is 1. The van der Waals surface area contributed by atoms with Gasteiger partial charge in [-0.15, -0.1) is 0 Å². The van der Waals surface area contributed by atoms with Crippen LogP contribution in [0.3, 0.4) is 0 Å². The third-order valence-electron chi connectivity index (χ3n) is 2.72. The van der Waals surface area contributed by atoms with Crippen molar-refractivity contribution in [2.45, 2.75) is 6.92 Å². The third-order valence-corrected chi connectivity index (χ3v) is 2.72. The van der Waals surface area contributed by atoms with E-state index in [4.69, 9.17) is 4.74 Å². The number of H-pyrrole nitrogens is 1. The molecule has 1 amide bonds. The van der Waals surface area contributed by atoms with Gasteiger partial charge in [-0.05, 0) is 19.1 Å². The fourth-order valence-electron chi connectivity index (χ4n) is 1.67. The lowest BCUT2D eigenvalue weighted by Crippen LogP contribution is -2.22. The molecule has 0 aliphatic rings. The maximum Gasteiger partial charge on any atom is 0.261 e. The zero-order valence-electron chi connectivity index (χ0n) is 11.0. The predicted molar refractivity (Wildman–Crippen MR) is 72.7 cm³/mol. The van der Waals surface area contributed by atoms with Gasteiger partial charge in [0.15, 0.2) is 5.43 Å². The van der Waals surface area contributed by atoms with E-state index in [0.717, 1.165) is 0 Å². The number of anilines is 1. The molecule has 2 N–H and O–H groups in total. The summed E-state index contributed by atoms with van der Waals surface area (Å²) in [4.78, 5) is 26.4. The first-order chi connectivity index (χ1) is 9.51. The number of amides is 1. The van der Waals surface area contributed by atoms with Crippen LogP contribution in [-0.2, 0) is 0 Å². The van der Waals surface area contributed by atoms with E-state index >= 15 is 0 Å². The fourth-order valence-corrected chi connectivity index (χ4v) is 1.67. The van der Waals surface area contributed by atoms with Crippen molar-refractivity contribution < 1.29 is 13.9 Å². The second-order valence-corrected chi connectivity index (χ2v) is 4.19. The van der Waals surface area contributed by atoms with Crippen molar-refractivity contribution in [1.29, 1.82) is 0 Å². The van der Waals surface area contributed by atoms with Crippen molar-refractivity contribution in [3.63, 3.8) is 0 Å². The number of rotatable bonds is 3. The summed E-state index contributed by atoms with van der Waals surface area (Å²) in [6.07, 6.45) is 1.30. The number of nitrogens with one attached hydrogen (secondary N) is 2. The van der Waals surface area contributed by atoms with Crippen LogP contribution in [0.5, 0.6) is 5.75 Å². The van der Waals surface area contributed by atoms with Gasteiger partial charge in [0.25, 0.3) is 5.91 Å². The van der Waals surface area contributed by atoms with E-state index in [-0.39, 0.29) is 11.3 Å². The molecule has 1 heterocycles. The van der Waals surface area contributed by atoms with Crippen LogP contribution in [0.25, 0.3) is 0 Å². The fraction of sp³-hybridized carbons (Fsp3) is 0.143. The van der Waals surface area contributed by atoms with Crippen LogP contribution >= 0.6 is 0 Å². The molecule has 104 valence electrons. The summed E-state index contributed by atoms with van der Waals surface area (Å²) in [6, 6.07) is 5.25. The Labute approximate surface area is 114 Å². The minimum Gasteiger partial charge on any atom is -0.497 e. The highest BCUT2D eigenvalue weighted by Gasteiger charge is 2.13. The smallest absolute Gasteiger partial charge is 0.261 e. The van der Waals surface area contributed by atoms with Crippen LogP contribution in [-0.4, -0.2) is 18.0 Å². The Bertz CT molecular complexity index is 710. The Morgan fingerprint density at radius 1 is 1.35 bits per heavy atom. The zero-order chi connectivity index (χ0) is 14.7. The average molecular weight is 276 g/mol. The van der Waals surface area contributed by atoms with Gasteiger partial charge in [0.2, 0.25) is 0 Å².